The molecule has 212 valence electrons. The third kappa shape index (κ3) is 6.14. The maximum absolute atomic E-state index is 13.5. The van der Waals surface area contributed by atoms with E-state index in [9.17, 15) is 9.59 Å². The molecule has 1 fully saturated rings. The van der Waals surface area contributed by atoms with E-state index in [1.165, 1.54) is 24.8 Å². The standard InChI is InChI=1S/C36H36N4O2/c1-25(27-13-5-2-6-14-27)37-35(41)29-18-19-32-31(23-29)33(36(42)39-32)34(28-15-7-3-8-16-28)38-30-17-11-12-26(22-30)24-40-20-9-4-10-21-40/h2-3,5-8,11-19,22-23,25,38H,4,9-10,20-21,24H2,1H3,(H,37,41)(H,39,42)/t25-/m1/s1. The molecule has 6 nitrogen and oxygen atoms in total. The zero-order valence-electron chi connectivity index (χ0n) is 23.9. The van der Waals surface area contributed by atoms with Crippen molar-refractivity contribution in [1.29, 1.82) is 0 Å². The number of benzene rings is 4. The first-order chi connectivity index (χ1) is 20.5. The summed E-state index contributed by atoms with van der Waals surface area (Å²) >= 11 is 0. The van der Waals surface area contributed by atoms with Gasteiger partial charge in [0.05, 0.1) is 17.3 Å². The number of carbonyl (C=O) groups excluding carboxylic acids is 2. The van der Waals surface area contributed by atoms with E-state index < -0.39 is 0 Å². The molecule has 1 saturated heterocycles. The molecule has 1 atom stereocenters. The van der Waals surface area contributed by atoms with E-state index >= 15 is 0 Å². The third-order valence-corrected chi connectivity index (χ3v) is 8.04. The predicted molar refractivity (Wildman–Crippen MR) is 170 cm³/mol. The van der Waals surface area contributed by atoms with E-state index in [1.54, 1.807) is 6.07 Å². The van der Waals surface area contributed by atoms with Gasteiger partial charge in [-0.3, -0.25) is 14.5 Å². The van der Waals surface area contributed by atoms with Gasteiger partial charge in [0.1, 0.15) is 0 Å². The Hall–Kier alpha value is -4.68. The normalized spacial score (nSPS) is 16.7. The topological polar surface area (TPSA) is 73.5 Å². The number of likely N-dealkylation sites (tertiary alicyclic amines) is 1. The largest absolute Gasteiger partial charge is 0.354 e. The Labute approximate surface area is 247 Å². The van der Waals surface area contributed by atoms with Crippen LogP contribution in [0, 0.1) is 0 Å². The van der Waals surface area contributed by atoms with Crippen LogP contribution in [0.15, 0.2) is 103 Å². The monoisotopic (exact) mass is 556 g/mol. The van der Waals surface area contributed by atoms with Gasteiger partial charge in [0, 0.05) is 29.0 Å². The second-order valence-corrected chi connectivity index (χ2v) is 11.1. The molecule has 0 spiro atoms. The summed E-state index contributed by atoms with van der Waals surface area (Å²) in [6.07, 6.45) is 3.81. The van der Waals surface area contributed by atoms with Gasteiger partial charge in [0.15, 0.2) is 0 Å². The van der Waals surface area contributed by atoms with E-state index in [2.05, 4.69) is 39.0 Å². The van der Waals surface area contributed by atoms with E-state index in [0.29, 0.717) is 28.1 Å². The second kappa shape index (κ2) is 12.5. The summed E-state index contributed by atoms with van der Waals surface area (Å²) in [5, 5.41) is 9.69. The fourth-order valence-corrected chi connectivity index (χ4v) is 5.81. The number of anilines is 2. The molecule has 42 heavy (non-hydrogen) atoms. The molecule has 2 aliphatic heterocycles. The van der Waals surface area contributed by atoms with Crippen molar-refractivity contribution in [2.75, 3.05) is 23.7 Å². The minimum atomic E-state index is -0.198. The maximum atomic E-state index is 13.5. The minimum Gasteiger partial charge on any atom is -0.354 e. The Morgan fingerprint density at radius 3 is 2.33 bits per heavy atom. The number of carbonyl (C=O) groups is 2. The van der Waals surface area contributed by atoms with E-state index in [1.807, 2.05) is 85.8 Å². The minimum absolute atomic E-state index is 0.152. The Balaban J connectivity index is 1.33. The van der Waals surface area contributed by atoms with Gasteiger partial charge in [-0.1, -0.05) is 79.2 Å². The predicted octanol–water partition coefficient (Wildman–Crippen LogP) is 7.10. The van der Waals surface area contributed by atoms with Crippen LogP contribution >= 0.6 is 0 Å². The molecule has 0 saturated carbocycles. The van der Waals surface area contributed by atoms with Gasteiger partial charge in [-0.2, -0.15) is 0 Å². The van der Waals surface area contributed by atoms with Crippen molar-refractivity contribution >= 4 is 34.5 Å². The summed E-state index contributed by atoms with van der Waals surface area (Å²) in [5.74, 6) is -0.386. The molecule has 2 amide bonds. The fourth-order valence-electron chi connectivity index (χ4n) is 5.81. The van der Waals surface area contributed by atoms with Crippen LogP contribution in [-0.2, 0) is 11.3 Å². The van der Waals surface area contributed by atoms with Crippen LogP contribution in [0.5, 0.6) is 0 Å². The Morgan fingerprint density at radius 1 is 0.833 bits per heavy atom. The summed E-state index contributed by atoms with van der Waals surface area (Å²) < 4.78 is 0. The van der Waals surface area contributed by atoms with Crippen molar-refractivity contribution in [2.24, 2.45) is 0 Å². The molecule has 2 heterocycles. The number of nitrogens with zero attached hydrogens (tertiary/aromatic N) is 1. The lowest BCUT2D eigenvalue weighted by Gasteiger charge is -2.26. The molecule has 3 N–H and O–H groups in total. The lowest BCUT2D eigenvalue weighted by molar-refractivity contribution is -0.110. The number of piperidine rings is 1. The molecule has 6 rings (SSSR count). The molecule has 2 aliphatic rings. The SMILES string of the molecule is C[C@@H](NC(=O)c1ccc2c(c1)C(=C(Nc1cccc(CN3CCCCC3)c1)c1ccccc1)C(=O)N2)c1ccccc1. The number of amides is 2. The van der Waals surface area contributed by atoms with Crippen LogP contribution in [0.25, 0.3) is 11.3 Å². The van der Waals surface area contributed by atoms with Gasteiger partial charge >= 0.3 is 0 Å². The average Bonchev–Trinajstić information content (AvgIpc) is 3.36. The fraction of sp³-hybridized carbons (Fsp3) is 0.222. The van der Waals surface area contributed by atoms with Gasteiger partial charge < -0.3 is 16.0 Å². The van der Waals surface area contributed by atoms with Crippen molar-refractivity contribution in [2.45, 2.75) is 38.8 Å². The van der Waals surface area contributed by atoms with Crippen molar-refractivity contribution in [3.8, 4) is 0 Å². The van der Waals surface area contributed by atoms with Crippen molar-refractivity contribution in [3.05, 3.63) is 131 Å². The van der Waals surface area contributed by atoms with Gasteiger partial charge in [-0.25, -0.2) is 0 Å². The number of rotatable bonds is 8. The molecule has 0 bridgehead atoms. The molecule has 0 aromatic heterocycles. The van der Waals surface area contributed by atoms with Gasteiger partial charge in [0.25, 0.3) is 11.8 Å². The molecule has 6 heteroatoms. The highest BCUT2D eigenvalue weighted by molar-refractivity contribution is 6.37. The van der Waals surface area contributed by atoms with Crippen molar-refractivity contribution in [1.82, 2.24) is 10.2 Å². The van der Waals surface area contributed by atoms with Crippen molar-refractivity contribution in [3.63, 3.8) is 0 Å². The maximum Gasteiger partial charge on any atom is 0.258 e. The number of hydrogen-bond acceptors (Lipinski definition) is 4. The number of nitrogens with one attached hydrogen (secondary N) is 3. The van der Waals surface area contributed by atoms with Crippen LogP contribution in [0.4, 0.5) is 11.4 Å². The molecular weight excluding hydrogens is 520 g/mol. The molecule has 4 aromatic rings. The summed E-state index contributed by atoms with van der Waals surface area (Å²) in [6, 6.07) is 33.4. The first kappa shape index (κ1) is 27.5. The van der Waals surface area contributed by atoms with Crippen LogP contribution in [0.3, 0.4) is 0 Å². The zero-order valence-corrected chi connectivity index (χ0v) is 23.9. The van der Waals surface area contributed by atoms with Crippen LogP contribution in [0.2, 0.25) is 0 Å². The van der Waals surface area contributed by atoms with Gasteiger partial charge in [-0.05, 0) is 79.9 Å². The Kier molecular flexibility index (Phi) is 8.15. The van der Waals surface area contributed by atoms with Crippen molar-refractivity contribution < 1.29 is 9.59 Å². The Morgan fingerprint density at radius 2 is 1.57 bits per heavy atom. The summed E-state index contributed by atoms with van der Waals surface area (Å²) in [6.45, 7) is 5.14. The van der Waals surface area contributed by atoms with Gasteiger partial charge in [0.2, 0.25) is 0 Å². The molecule has 0 radical (unpaired) electrons. The highest BCUT2D eigenvalue weighted by Gasteiger charge is 2.29. The van der Waals surface area contributed by atoms with E-state index in [-0.39, 0.29) is 17.9 Å². The second-order valence-electron chi connectivity index (χ2n) is 11.1. The smallest absolute Gasteiger partial charge is 0.258 e. The molecular formula is C36H36N4O2. The lowest BCUT2D eigenvalue weighted by Crippen LogP contribution is -2.29. The first-order valence-corrected chi connectivity index (χ1v) is 14.7. The number of fused-ring (bicyclic) bond motifs is 1. The van der Waals surface area contributed by atoms with Crippen LogP contribution in [0.1, 0.15) is 64.8 Å². The van der Waals surface area contributed by atoms with Gasteiger partial charge in [-0.15, -0.1) is 0 Å². The lowest BCUT2D eigenvalue weighted by atomic mass is 9.98. The average molecular weight is 557 g/mol. The number of hydrogen-bond donors (Lipinski definition) is 3. The highest BCUT2D eigenvalue weighted by Crippen LogP contribution is 2.38. The van der Waals surface area contributed by atoms with E-state index in [4.69, 9.17) is 0 Å². The Bertz CT molecular complexity index is 1610. The van der Waals surface area contributed by atoms with E-state index in [0.717, 1.165) is 36.4 Å². The third-order valence-electron chi connectivity index (χ3n) is 8.04. The summed E-state index contributed by atoms with van der Waals surface area (Å²) in [7, 11) is 0. The highest BCUT2D eigenvalue weighted by atomic mass is 16.2. The molecule has 4 aromatic carbocycles. The quantitative estimate of drug-likeness (QED) is 0.203. The molecule has 0 aliphatic carbocycles. The van der Waals surface area contributed by atoms with Crippen LogP contribution in [-0.4, -0.2) is 29.8 Å². The summed E-state index contributed by atoms with van der Waals surface area (Å²) in [5.41, 5.74) is 7.20. The first-order valence-electron chi connectivity index (χ1n) is 14.7. The zero-order chi connectivity index (χ0) is 28.9. The molecule has 0 unspecified atom stereocenters. The van der Waals surface area contributed by atoms with Crippen LogP contribution < -0.4 is 16.0 Å². The summed E-state index contributed by atoms with van der Waals surface area (Å²) in [4.78, 5) is 29.3.